The zero-order valence-corrected chi connectivity index (χ0v) is 11.5. The molecule has 0 spiro atoms. The molecule has 2 heterocycles. The van der Waals surface area contributed by atoms with E-state index >= 15 is 0 Å². The molecule has 18 heavy (non-hydrogen) atoms. The maximum atomic E-state index is 13.1. The van der Waals surface area contributed by atoms with Gasteiger partial charge in [0.05, 0.1) is 11.9 Å². The molecule has 0 aliphatic carbocycles. The van der Waals surface area contributed by atoms with E-state index in [2.05, 4.69) is 9.97 Å². The van der Waals surface area contributed by atoms with Gasteiger partial charge in [0.1, 0.15) is 15.0 Å². The molecule has 2 rings (SSSR count). The van der Waals surface area contributed by atoms with Crippen molar-refractivity contribution in [2.24, 2.45) is 0 Å². The number of nitrogens with zero attached hydrogens (tertiary/aromatic N) is 2. The first-order valence-corrected chi connectivity index (χ1v) is 7.93. The number of hydrogen-bond donors (Lipinski definition) is 0. The lowest BCUT2D eigenvalue weighted by Crippen LogP contribution is -1.97. The van der Waals surface area contributed by atoms with E-state index in [0.717, 1.165) is 23.8 Å². The second-order valence-corrected chi connectivity index (χ2v) is 6.98. The summed E-state index contributed by atoms with van der Waals surface area (Å²) in [5.74, 6) is -0.471. The largest absolute Gasteiger partial charge is 0.261 e. The SMILES string of the molecule is CCc1nc(-c2cncc(F)c2)sc1S(C)(=O)=O. The van der Waals surface area contributed by atoms with Gasteiger partial charge >= 0.3 is 0 Å². The van der Waals surface area contributed by atoms with Crippen LogP contribution in [0.1, 0.15) is 12.6 Å². The van der Waals surface area contributed by atoms with Crippen LogP contribution in [-0.4, -0.2) is 24.6 Å². The van der Waals surface area contributed by atoms with E-state index in [1.165, 1.54) is 12.3 Å². The minimum absolute atomic E-state index is 0.240. The molecular weight excluding hydrogens is 275 g/mol. The van der Waals surface area contributed by atoms with Crippen LogP contribution in [0.4, 0.5) is 4.39 Å². The molecule has 4 nitrogen and oxygen atoms in total. The molecule has 0 fully saturated rings. The Balaban J connectivity index is 2.58. The molecule has 7 heteroatoms. The molecule has 0 N–H and O–H groups in total. The number of thiazole rings is 1. The number of pyridine rings is 1. The number of aryl methyl sites for hydroxylation is 1. The van der Waals surface area contributed by atoms with Crippen LogP contribution in [-0.2, 0) is 16.3 Å². The Morgan fingerprint density at radius 1 is 1.39 bits per heavy atom. The lowest BCUT2D eigenvalue weighted by atomic mass is 10.3. The van der Waals surface area contributed by atoms with Gasteiger partial charge in [-0.1, -0.05) is 6.92 Å². The van der Waals surface area contributed by atoms with Gasteiger partial charge in [-0.15, -0.1) is 11.3 Å². The van der Waals surface area contributed by atoms with Crippen LogP contribution in [0.2, 0.25) is 0 Å². The minimum atomic E-state index is -3.30. The molecule has 0 atom stereocenters. The van der Waals surface area contributed by atoms with E-state index in [1.807, 2.05) is 6.92 Å². The van der Waals surface area contributed by atoms with Crippen molar-refractivity contribution in [3.63, 3.8) is 0 Å². The van der Waals surface area contributed by atoms with Crippen LogP contribution in [0.3, 0.4) is 0 Å². The topological polar surface area (TPSA) is 59.9 Å². The van der Waals surface area contributed by atoms with Gasteiger partial charge in [-0.05, 0) is 12.5 Å². The van der Waals surface area contributed by atoms with Crippen molar-refractivity contribution < 1.29 is 12.8 Å². The summed E-state index contributed by atoms with van der Waals surface area (Å²) in [5.41, 5.74) is 1.01. The molecule has 0 aliphatic heterocycles. The lowest BCUT2D eigenvalue weighted by Gasteiger charge is -1.94. The number of halogens is 1. The molecule has 0 saturated carbocycles. The summed E-state index contributed by atoms with van der Waals surface area (Å²) in [4.78, 5) is 7.97. The highest BCUT2D eigenvalue weighted by molar-refractivity contribution is 7.92. The summed E-state index contributed by atoms with van der Waals surface area (Å²) >= 11 is 1.05. The Morgan fingerprint density at radius 2 is 2.11 bits per heavy atom. The van der Waals surface area contributed by atoms with Crippen LogP contribution in [0.15, 0.2) is 22.7 Å². The second-order valence-electron chi connectivity index (χ2n) is 3.77. The van der Waals surface area contributed by atoms with E-state index < -0.39 is 15.7 Å². The number of sulfone groups is 1. The Hall–Kier alpha value is -1.34. The first-order valence-electron chi connectivity index (χ1n) is 5.22. The molecule has 0 radical (unpaired) electrons. The van der Waals surface area contributed by atoms with E-state index in [0.29, 0.717) is 22.7 Å². The van der Waals surface area contributed by atoms with Gasteiger partial charge in [-0.2, -0.15) is 0 Å². The van der Waals surface area contributed by atoms with E-state index in [9.17, 15) is 12.8 Å². The van der Waals surface area contributed by atoms with E-state index in [-0.39, 0.29) is 4.21 Å². The van der Waals surface area contributed by atoms with Gasteiger partial charge in [-0.3, -0.25) is 4.98 Å². The monoisotopic (exact) mass is 286 g/mol. The summed E-state index contributed by atoms with van der Waals surface area (Å²) in [6.45, 7) is 1.83. The highest BCUT2D eigenvalue weighted by atomic mass is 32.2. The number of aromatic nitrogens is 2. The fourth-order valence-corrected chi connectivity index (χ4v) is 3.83. The molecule has 0 bridgehead atoms. The van der Waals surface area contributed by atoms with Crippen LogP contribution >= 0.6 is 11.3 Å². The van der Waals surface area contributed by atoms with Gasteiger partial charge in [0.25, 0.3) is 0 Å². The maximum absolute atomic E-state index is 13.1. The molecular formula is C11H11FN2O2S2. The molecule has 0 aliphatic rings. The normalized spacial score (nSPS) is 11.7. The maximum Gasteiger partial charge on any atom is 0.186 e. The summed E-state index contributed by atoms with van der Waals surface area (Å²) in [6.07, 6.45) is 4.22. The average molecular weight is 286 g/mol. The number of hydrogen-bond acceptors (Lipinski definition) is 5. The van der Waals surface area contributed by atoms with Crippen LogP contribution in [0.5, 0.6) is 0 Å². The summed E-state index contributed by atoms with van der Waals surface area (Å²) < 4.78 is 36.5. The highest BCUT2D eigenvalue weighted by Gasteiger charge is 2.19. The predicted octanol–water partition coefficient (Wildman–Crippen LogP) is 2.31. The van der Waals surface area contributed by atoms with Crippen molar-refractivity contribution in [2.45, 2.75) is 17.6 Å². The third-order valence-electron chi connectivity index (χ3n) is 2.28. The molecule has 0 amide bonds. The zero-order chi connectivity index (χ0) is 13.3. The molecule has 96 valence electrons. The quantitative estimate of drug-likeness (QED) is 0.868. The third kappa shape index (κ3) is 2.56. The van der Waals surface area contributed by atoms with Crippen molar-refractivity contribution in [3.05, 3.63) is 30.0 Å². The van der Waals surface area contributed by atoms with Gasteiger partial charge in [-0.25, -0.2) is 17.8 Å². The van der Waals surface area contributed by atoms with Crippen molar-refractivity contribution in [1.82, 2.24) is 9.97 Å². The Labute approximate surface area is 108 Å². The van der Waals surface area contributed by atoms with Crippen molar-refractivity contribution in [1.29, 1.82) is 0 Å². The van der Waals surface area contributed by atoms with Crippen LogP contribution in [0, 0.1) is 5.82 Å². The van der Waals surface area contributed by atoms with E-state index in [4.69, 9.17) is 0 Å². The zero-order valence-electron chi connectivity index (χ0n) is 9.84. The van der Waals surface area contributed by atoms with Gasteiger partial charge < -0.3 is 0 Å². The van der Waals surface area contributed by atoms with Gasteiger partial charge in [0.15, 0.2) is 9.84 Å². The fourth-order valence-electron chi connectivity index (χ4n) is 1.50. The molecule has 2 aromatic heterocycles. The smallest absolute Gasteiger partial charge is 0.186 e. The molecule has 2 aromatic rings. The van der Waals surface area contributed by atoms with E-state index in [1.54, 1.807) is 0 Å². The first-order chi connectivity index (χ1) is 8.41. The Bertz CT molecular complexity index is 680. The fraction of sp³-hybridized carbons (Fsp3) is 0.273. The minimum Gasteiger partial charge on any atom is -0.261 e. The van der Waals surface area contributed by atoms with Crippen LogP contribution in [0.25, 0.3) is 10.6 Å². The summed E-state index contributed by atoms with van der Waals surface area (Å²) in [6, 6.07) is 1.29. The molecule has 0 saturated heterocycles. The van der Waals surface area contributed by atoms with Crippen molar-refractivity contribution in [2.75, 3.05) is 6.26 Å². The Morgan fingerprint density at radius 3 is 2.61 bits per heavy atom. The Kier molecular flexibility index (Phi) is 3.45. The second kappa shape index (κ2) is 4.74. The van der Waals surface area contributed by atoms with Crippen LogP contribution < -0.4 is 0 Å². The standard InChI is InChI=1S/C11H11FN2O2S2/c1-3-9-11(18(2,15)16)17-10(14-9)7-4-8(12)6-13-5-7/h4-6H,3H2,1-2H3. The summed E-state index contributed by atoms with van der Waals surface area (Å²) in [5, 5.41) is 0.472. The van der Waals surface area contributed by atoms with Crippen molar-refractivity contribution >= 4 is 21.2 Å². The highest BCUT2D eigenvalue weighted by Crippen LogP contribution is 2.31. The molecule has 0 unspecified atom stereocenters. The third-order valence-corrected chi connectivity index (χ3v) is 5.29. The van der Waals surface area contributed by atoms with Crippen molar-refractivity contribution in [3.8, 4) is 10.6 Å². The average Bonchev–Trinajstić information content (AvgIpc) is 2.72. The van der Waals surface area contributed by atoms with Gasteiger partial charge in [0, 0.05) is 18.0 Å². The first kappa shape index (κ1) is 13.1. The van der Waals surface area contributed by atoms with Gasteiger partial charge in [0.2, 0.25) is 0 Å². The number of rotatable bonds is 3. The molecule has 0 aromatic carbocycles. The lowest BCUT2D eigenvalue weighted by molar-refractivity contribution is 0.602. The summed E-state index contributed by atoms with van der Waals surface area (Å²) in [7, 11) is -3.30. The predicted molar refractivity (Wildman–Crippen MR) is 67.8 cm³/mol.